The first-order chi connectivity index (χ1) is 12.2. The lowest BCUT2D eigenvalue weighted by atomic mass is 10.3. The fourth-order valence-corrected chi connectivity index (χ4v) is 1.64. The van der Waals surface area contributed by atoms with Crippen LogP contribution < -0.4 is 21.7 Å². The molecule has 0 heterocycles. The van der Waals surface area contributed by atoms with Crippen LogP contribution in [0.25, 0.3) is 0 Å². The van der Waals surface area contributed by atoms with Gasteiger partial charge in [-0.1, -0.05) is 0 Å². The quantitative estimate of drug-likeness (QED) is 0.284. The summed E-state index contributed by atoms with van der Waals surface area (Å²) in [5.41, 5.74) is 4.20. The zero-order valence-electron chi connectivity index (χ0n) is 12.4. The molecular formula is C14H8F6N4O2. The maximum atomic E-state index is 13.3. The van der Waals surface area contributed by atoms with E-state index < -0.39 is 58.1 Å². The van der Waals surface area contributed by atoms with Crippen molar-refractivity contribution in [2.75, 3.05) is 10.9 Å². The van der Waals surface area contributed by atoms with Crippen LogP contribution in [0.1, 0.15) is 0 Å². The molecule has 0 spiro atoms. The summed E-state index contributed by atoms with van der Waals surface area (Å²) in [5.74, 6) is -11.9. The highest BCUT2D eigenvalue weighted by Crippen LogP contribution is 2.21. The Morgan fingerprint density at radius 1 is 0.577 bits per heavy atom. The first-order valence-electron chi connectivity index (χ1n) is 6.61. The normalized spacial score (nSPS) is 10.2. The van der Waals surface area contributed by atoms with E-state index in [2.05, 4.69) is 0 Å². The van der Waals surface area contributed by atoms with Gasteiger partial charge in [-0.2, -0.15) is 0 Å². The number of hydrazine groups is 2. The van der Waals surface area contributed by atoms with Crippen molar-refractivity contribution in [3.8, 4) is 0 Å². The Hall–Kier alpha value is -3.44. The number of carbonyl (C=O) groups excluding carboxylic acids is 2. The second-order valence-corrected chi connectivity index (χ2v) is 4.59. The molecule has 2 rings (SSSR count). The Labute approximate surface area is 141 Å². The molecule has 2 aromatic carbocycles. The average Bonchev–Trinajstić information content (AvgIpc) is 2.61. The molecule has 0 radical (unpaired) electrons. The topological polar surface area (TPSA) is 82.3 Å². The molecule has 0 saturated carbocycles. The standard InChI is InChI=1S/C14H8F6N4O2/c15-5-1-3-7(17)11(9(5)19)21-23-13(25)14(26)24-22-12-8(18)4-2-6(16)10(12)20/h1-4,21-22H,(H,23,25)(H,24,26). The van der Waals surface area contributed by atoms with Gasteiger partial charge in [0.1, 0.15) is 11.4 Å². The molecule has 0 aliphatic heterocycles. The summed E-state index contributed by atoms with van der Waals surface area (Å²) in [6.45, 7) is 0. The van der Waals surface area contributed by atoms with Gasteiger partial charge in [-0.3, -0.25) is 31.3 Å². The van der Waals surface area contributed by atoms with Gasteiger partial charge < -0.3 is 0 Å². The first-order valence-corrected chi connectivity index (χ1v) is 6.61. The van der Waals surface area contributed by atoms with Crippen LogP contribution in [-0.2, 0) is 9.59 Å². The summed E-state index contributed by atoms with van der Waals surface area (Å²) in [7, 11) is 0. The molecule has 2 amide bonds. The van der Waals surface area contributed by atoms with E-state index >= 15 is 0 Å². The molecule has 0 bridgehead atoms. The Balaban J connectivity index is 1.98. The number of amides is 2. The number of rotatable bonds is 4. The van der Waals surface area contributed by atoms with Gasteiger partial charge in [0.25, 0.3) is 0 Å². The first kappa shape index (κ1) is 18.9. The van der Waals surface area contributed by atoms with Crippen molar-refractivity contribution in [2.45, 2.75) is 0 Å². The predicted molar refractivity (Wildman–Crippen MR) is 76.2 cm³/mol. The van der Waals surface area contributed by atoms with Crippen LogP contribution in [0.15, 0.2) is 24.3 Å². The van der Waals surface area contributed by atoms with Crippen LogP contribution in [0.2, 0.25) is 0 Å². The summed E-state index contributed by atoms with van der Waals surface area (Å²) < 4.78 is 79.3. The lowest BCUT2D eigenvalue weighted by Crippen LogP contribution is -2.45. The van der Waals surface area contributed by atoms with Crippen LogP contribution in [0.3, 0.4) is 0 Å². The molecule has 0 fully saturated rings. The summed E-state index contributed by atoms with van der Waals surface area (Å²) >= 11 is 0. The van der Waals surface area contributed by atoms with E-state index in [4.69, 9.17) is 0 Å². The van der Waals surface area contributed by atoms with Gasteiger partial charge in [-0.15, -0.1) is 0 Å². The highest BCUT2D eigenvalue weighted by Gasteiger charge is 2.19. The van der Waals surface area contributed by atoms with Crippen molar-refractivity contribution in [3.05, 3.63) is 59.2 Å². The Bertz CT molecular complexity index is 806. The Kier molecular flexibility index (Phi) is 5.54. The van der Waals surface area contributed by atoms with Gasteiger partial charge in [0.15, 0.2) is 34.9 Å². The van der Waals surface area contributed by atoms with Crippen molar-refractivity contribution < 1.29 is 35.9 Å². The van der Waals surface area contributed by atoms with Gasteiger partial charge in [-0.25, -0.2) is 26.3 Å². The Morgan fingerprint density at radius 3 is 1.23 bits per heavy atom. The van der Waals surface area contributed by atoms with Crippen molar-refractivity contribution in [3.63, 3.8) is 0 Å². The fraction of sp³-hybridized carbons (Fsp3) is 0. The van der Waals surface area contributed by atoms with Gasteiger partial charge in [0.05, 0.1) is 0 Å². The molecule has 6 nitrogen and oxygen atoms in total. The molecule has 0 aliphatic rings. The second-order valence-electron chi connectivity index (χ2n) is 4.59. The number of nitrogens with one attached hydrogen (secondary N) is 4. The summed E-state index contributed by atoms with van der Waals surface area (Å²) in [6, 6.07) is 2.11. The maximum Gasteiger partial charge on any atom is 0.329 e. The van der Waals surface area contributed by atoms with E-state index in [1.807, 2.05) is 0 Å². The molecule has 4 N–H and O–H groups in total. The summed E-state index contributed by atoms with van der Waals surface area (Å²) in [5, 5.41) is 0. The number of halogens is 6. The van der Waals surface area contributed by atoms with E-state index in [-0.39, 0.29) is 0 Å². The number of anilines is 2. The zero-order chi connectivity index (χ0) is 19.4. The lowest BCUT2D eigenvalue weighted by Gasteiger charge is -2.12. The van der Waals surface area contributed by atoms with Gasteiger partial charge in [-0.05, 0) is 24.3 Å². The zero-order valence-corrected chi connectivity index (χ0v) is 12.4. The number of hydrogen-bond acceptors (Lipinski definition) is 4. The summed E-state index contributed by atoms with van der Waals surface area (Å²) in [4.78, 5) is 22.9. The molecule has 0 aliphatic carbocycles. The molecular weight excluding hydrogens is 370 g/mol. The SMILES string of the molecule is O=C(NNc1c(F)ccc(F)c1F)C(=O)NNc1c(F)ccc(F)c1F. The molecule has 0 atom stereocenters. The minimum Gasteiger partial charge on any atom is -0.293 e. The highest BCUT2D eigenvalue weighted by molar-refractivity contribution is 6.35. The number of carbonyl (C=O) groups is 2. The minimum atomic E-state index is -1.66. The van der Waals surface area contributed by atoms with Crippen LogP contribution in [0.5, 0.6) is 0 Å². The lowest BCUT2D eigenvalue weighted by molar-refractivity contribution is -0.138. The molecule has 12 heteroatoms. The molecule has 2 aromatic rings. The van der Waals surface area contributed by atoms with E-state index in [9.17, 15) is 35.9 Å². The molecule has 0 unspecified atom stereocenters. The third-order valence-electron chi connectivity index (χ3n) is 2.90. The fourth-order valence-electron chi connectivity index (χ4n) is 1.64. The van der Waals surface area contributed by atoms with Gasteiger partial charge >= 0.3 is 11.8 Å². The van der Waals surface area contributed by atoms with E-state index in [1.54, 1.807) is 10.9 Å². The average molecular weight is 378 g/mol. The van der Waals surface area contributed by atoms with Gasteiger partial charge in [0.2, 0.25) is 0 Å². The Morgan fingerprint density at radius 2 is 0.885 bits per heavy atom. The molecule has 138 valence electrons. The van der Waals surface area contributed by atoms with Crippen molar-refractivity contribution in [2.24, 2.45) is 0 Å². The maximum absolute atomic E-state index is 13.3. The monoisotopic (exact) mass is 378 g/mol. The highest BCUT2D eigenvalue weighted by atomic mass is 19.2. The number of hydrogen-bond donors (Lipinski definition) is 4. The van der Waals surface area contributed by atoms with Gasteiger partial charge in [0, 0.05) is 0 Å². The third-order valence-corrected chi connectivity index (χ3v) is 2.90. The smallest absolute Gasteiger partial charge is 0.293 e. The third kappa shape index (κ3) is 3.96. The van der Waals surface area contributed by atoms with Crippen molar-refractivity contribution in [1.29, 1.82) is 0 Å². The van der Waals surface area contributed by atoms with E-state index in [1.165, 1.54) is 10.9 Å². The minimum absolute atomic E-state index is 0.496. The molecule has 0 saturated heterocycles. The van der Waals surface area contributed by atoms with E-state index in [0.717, 1.165) is 0 Å². The molecule has 0 aromatic heterocycles. The van der Waals surface area contributed by atoms with Crippen molar-refractivity contribution in [1.82, 2.24) is 10.9 Å². The molecule has 26 heavy (non-hydrogen) atoms. The largest absolute Gasteiger partial charge is 0.329 e. The van der Waals surface area contributed by atoms with Crippen LogP contribution in [0, 0.1) is 34.9 Å². The number of benzene rings is 2. The van der Waals surface area contributed by atoms with Crippen LogP contribution in [-0.4, -0.2) is 11.8 Å². The van der Waals surface area contributed by atoms with E-state index in [0.29, 0.717) is 24.3 Å². The second kappa shape index (κ2) is 7.63. The van der Waals surface area contributed by atoms with Crippen molar-refractivity contribution >= 4 is 23.2 Å². The van der Waals surface area contributed by atoms with Crippen LogP contribution in [0.4, 0.5) is 37.7 Å². The summed E-state index contributed by atoms with van der Waals surface area (Å²) in [6.07, 6.45) is 0. The predicted octanol–water partition coefficient (Wildman–Crippen LogP) is 2.11. The van der Waals surface area contributed by atoms with Crippen LogP contribution >= 0.6 is 0 Å².